The summed E-state index contributed by atoms with van der Waals surface area (Å²) in [4.78, 5) is 0. The Morgan fingerprint density at radius 2 is 1.12 bits per heavy atom. The number of nitrogens with zero attached hydrogens (tertiary/aromatic N) is 1. The van der Waals surface area contributed by atoms with Gasteiger partial charge in [0, 0.05) is 7.05 Å². The van der Waals surface area contributed by atoms with Crippen LogP contribution >= 0.6 is 7.92 Å². The van der Waals surface area contributed by atoms with Gasteiger partial charge in [0.2, 0.25) is 0 Å². The largest absolute Gasteiger partial charge is 0.242 e. The van der Waals surface area contributed by atoms with Crippen LogP contribution in [0, 0.1) is 0 Å². The molecule has 2 atom stereocenters. The summed E-state index contributed by atoms with van der Waals surface area (Å²) < 4.78 is 15.3. The van der Waals surface area contributed by atoms with Gasteiger partial charge in [-0.15, -0.1) is 0 Å². The van der Waals surface area contributed by atoms with Crippen molar-refractivity contribution >= 4 is 34.8 Å². The monoisotopic (exact) mass is 485 g/mol. The van der Waals surface area contributed by atoms with E-state index in [-0.39, 0.29) is 10.8 Å². The number of hydrogen-bond donors (Lipinski definition) is 0. The molecule has 0 heterocycles. The third-order valence-corrected chi connectivity index (χ3v) is 10.1. The summed E-state index contributed by atoms with van der Waals surface area (Å²) in [6.45, 7) is 6.11. The van der Waals surface area contributed by atoms with Gasteiger partial charge in [0.25, 0.3) is 0 Å². The van der Waals surface area contributed by atoms with E-state index in [2.05, 4.69) is 109 Å². The van der Waals surface area contributed by atoms with Crippen LogP contribution in [0.3, 0.4) is 0 Å². The molecule has 1 unspecified atom stereocenters. The molecule has 4 rings (SSSR count). The molecule has 0 amide bonds. The van der Waals surface area contributed by atoms with E-state index in [1.807, 2.05) is 38.2 Å². The summed E-state index contributed by atoms with van der Waals surface area (Å²) >= 11 is 0. The number of benzene rings is 4. The molecule has 4 aromatic carbocycles. The van der Waals surface area contributed by atoms with Gasteiger partial charge in [-0.25, -0.2) is 8.51 Å². The molecule has 174 valence electrons. The van der Waals surface area contributed by atoms with E-state index >= 15 is 0 Å². The topological polar surface area (TPSA) is 20.3 Å². The Morgan fingerprint density at radius 3 is 1.62 bits per heavy atom. The van der Waals surface area contributed by atoms with Gasteiger partial charge >= 0.3 is 0 Å². The lowest BCUT2D eigenvalue weighted by atomic mass is 9.99. The van der Waals surface area contributed by atoms with Crippen molar-refractivity contribution in [3.63, 3.8) is 0 Å². The van der Waals surface area contributed by atoms with Crippen molar-refractivity contribution in [1.82, 2.24) is 4.31 Å². The summed E-state index contributed by atoms with van der Waals surface area (Å²) in [5, 5.41) is 3.91. The molecular formula is C30H32NOPS. The summed E-state index contributed by atoms with van der Waals surface area (Å²) in [7, 11) is 0.0188. The molecular weight excluding hydrogens is 453 g/mol. The third-order valence-electron chi connectivity index (χ3n) is 5.77. The Morgan fingerprint density at radius 1 is 0.676 bits per heavy atom. The van der Waals surface area contributed by atoms with Gasteiger partial charge in [0.05, 0.1) is 10.8 Å². The van der Waals surface area contributed by atoms with Crippen molar-refractivity contribution in [3.05, 3.63) is 126 Å². The third kappa shape index (κ3) is 5.39. The van der Waals surface area contributed by atoms with E-state index in [9.17, 15) is 4.21 Å². The Bertz CT molecular complexity index is 1180. The summed E-state index contributed by atoms with van der Waals surface area (Å²) in [5.41, 5.74) is 2.35. The lowest BCUT2D eigenvalue weighted by Gasteiger charge is -2.35. The maximum Gasteiger partial charge on any atom is 0.100 e. The van der Waals surface area contributed by atoms with Crippen LogP contribution in [0.2, 0.25) is 0 Å². The quantitative estimate of drug-likeness (QED) is 0.297. The molecule has 0 aliphatic rings. The predicted molar refractivity (Wildman–Crippen MR) is 149 cm³/mol. The van der Waals surface area contributed by atoms with Crippen molar-refractivity contribution in [2.75, 3.05) is 7.05 Å². The van der Waals surface area contributed by atoms with Crippen LogP contribution in [0.1, 0.15) is 37.9 Å². The van der Waals surface area contributed by atoms with Gasteiger partial charge in [0.15, 0.2) is 0 Å². The summed E-state index contributed by atoms with van der Waals surface area (Å²) in [6.07, 6.45) is 0. The molecule has 0 aliphatic carbocycles. The molecule has 34 heavy (non-hydrogen) atoms. The minimum absolute atomic E-state index is 0.130. The number of hydrogen-bond acceptors (Lipinski definition) is 1. The molecule has 0 fully saturated rings. The standard InChI is InChI=1S/C30H32NOPS/c1-30(2,3)34(32)31(4)29(24-16-8-5-9-17-24)27-22-14-15-23-28(27)33(25-18-10-6-11-19-25)26-20-12-7-13-21-26/h5-23,29H,1-4H3/t29-,34?/m0/s1. The highest BCUT2D eigenvalue weighted by molar-refractivity contribution is 7.84. The average Bonchev–Trinajstić information content (AvgIpc) is 2.86. The second-order valence-electron chi connectivity index (χ2n) is 9.29. The highest BCUT2D eigenvalue weighted by Gasteiger charge is 2.33. The molecule has 2 nitrogen and oxygen atoms in total. The normalized spacial score (nSPS) is 13.7. The van der Waals surface area contributed by atoms with Gasteiger partial charge in [-0.2, -0.15) is 0 Å². The van der Waals surface area contributed by atoms with E-state index in [4.69, 9.17) is 0 Å². The van der Waals surface area contributed by atoms with E-state index in [0.29, 0.717) is 0 Å². The molecule has 4 heteroatoms. The molecule has 0 N–H and O–H groups in total. The SMILES string of the molecule is CN([C@@H](c1ccccc1)c1ccccc1P(c1ccccc1)c1ccccc1)S(=O)C(C)(C)C. The molecule has 0 spiro atoms. The zero-order valence-electron chi connectivity index (χ0n) is 20.3. The van der Waals surface area contributed by atoms with Crippen LogP contribution in [0.5, 0.6) is 0 Å². The van der Waals surface area contributed by atoms with Crippen molar-refractivity contribution in [2.45, 2.75) is 31.6 Å². The van der Waals surface area contributed by atoms with Crippen LogP contribution in [-0.4, -0.2) is 20.3 Å². The molecule has 0 bridgehead atoms. The second-order valence-corrected chi connectivity index (χ2v) is 13.8. The molecule has 0 saturated heterocycles. The molecule has 0 saturated carbocycles. The van der Waals surface area contributed by atoms with Gasteiger partial charge in [-0.05, 0) is 55.7 Å². The van der Waals surface area contributed by atoms with Crippen molar-refractivity contribution in [1.29, 1.82) is 0 Å². The van der Waals surface area contributed by atoms with E-state index in [1.54, 1.807) is 0 Å². The summed E-state index contributed by atoms with van der Waals surface area (Å²) in [5.74, 6) is 0. The fraction of sp³-hybridized carbons (Fsp3) is 0.200. The van der Waals surface area contributed by atoms with Gasteiger partial charge in [0.1, 0.15) is 11.0 Å². The minimum atomic E-state index is -1.18. The Hall–Kier alpha value is -2.58. The lowest BCUT2D eigenvalue weighted by molar-refractivity contribution is 0.441. The van der Waals surface area contributed by atoms with Crippen LogP contribution in [0.15, 0.2) is 115 Å². The van der Waals surface area contributed by atoms with Gasteiger partial charge < -0.3 is 0 Å². The van der Waals surface area contributed by atoms with Gasteiger partial charge in [-0.3, -0.25) is 0 Å². The second kappa shape index (κ2) is 10.8. The molecule has 4 aromatic rings. The predicted octanol–water partition coefficient (Wildman–Crippen LogP) is 5.93. The lowest BCUT2D eigenvalue weighted by Crippen LogP contribution is -2.39. The molecule has 0 aliphatic heterocycles. The van der Waals surface area contributed by atoms with Gasteiger partial charge in [-0.1, -0.05) is 115 Å². The van der Waals surface area contributed by atoms with Crippen molar-refractivity contribution < 1.29 is 4.21 Å². The first kappa shape index (κ1) is 24.5. The highest BCUT2D eigenvalue weighted by Crippen LogP contribution is 2.39. The average molecular weight is 486 g/mol. The Kier molecular flexibility index (Phi) is 7.78. The molecule has 0 radical (unpaired) electrons. The minimum Gasteiger partial charge on any atom is -0.242 e. The van der Waals surface area contributed by atoms with Crippen molar-refractivity contribution in [3.8, 4) is 0 Å². The van der Waals surface area contributed by atoms with Crippen LogP contribution in [-0.2, 0) is 11.0 Å². The van der Waals surface area contributed by atoms with Crippen LogP contribution in [0.25, 0.3) is 0 Å². The Labute approximate surface area is 208 Å². The highest BCUT2D eigenvalue weighted by atomic mass is 32.2. The zero-order chi connectivity index (χ0) is 24.1. The first-order chi connectivity index (χ1) is 16.4. The first-order valence-corrected chi connectivity index (χ1v) is 14.0. The maximum absolute atomic E-state index is 13.6. The van der Waals surface area contributed by atoms with E-state index in [1.165, 1.54) is 21.5 Å². The van der Waals surface area contributed by atoms with Crippen molar-refractivity contribution in [2.24, 2.45) is 0 Å². The Balaban J connectivity index is 1.94. The maximum atomic E-state index is 13.6. The number of rotatable bonds is 7. The smallest absolute Gasteiger partial charge is 0.100 e. The summed E-state index contributed by atoms with van der Waals surface area (Å²) in [6, 6.07) is 40.5. The first-order valence-electron chi connectivity index (χ1n) is 11.6. The van der Waals surface area contributed by atoms with Crippen LogP contribution < -0.4 is 15.9 Å². The fourth-order valence-corrected chi connectivity index (χ4v) is 8.03. The zero-order valence-corrected chi connectivity index (χ0v) is 22.0. The fourth-order valence-electron chi connectivity index (χ4n) is 4.25. The molecule has 0 aromatic heterocycles. The van der Waals surface area contributed by atoms with E-state index < -0.39 is 18.9 Å². The van der Waals surface area contributed by atoms with Crippen LogP contribution in [0.4, 0.5) is 0 Å². The van der Waals surface area contributed by atoms with E-state index in [0.717, 1.165) is 5.56 Å².